The fourth-order valence-corrected chi connectivity index (χ4v) is 1.85. The molecule has 0 bridgehead atoms. The van der Waals surface area contributed by atoms with Crippen molar-refractivity contribution in [2.75, 3.05) is 18.9 Å². The Balaban J connectivity index is 2.02. The van der Waals surface area contributed by atoms with Gasteiger partial charge >= 0.3 is 6.03 Å². The van der Waals surface area contributed by atoms with Gasteiger partial charge in [-0.2, -0.15) is 0 Å². The SMILES string of the molecule is CN(CCc1ccc2c(c1)CC(=O)N2)C(N)=O. The summed E-state index contributed by atoms with van der Waals surface area (Å²) in [7, 11) is 1.67. The Morgan fingerprint density at radius 1 is 1.53 bits per heavy atom. The van der Waals surface area contributed by atoms with E-state index in [1.165, 1.54) is 4.90 Å². The summed E-state index contributed by atoms with van der Waals surface area (Å²) in [4.78, 5) is 23.5. The minimum absolute atomic E-state index is 0.0337. The van der Waals surface area contributed by atoms with Crippen molar-refractivity contribution in [2.24, 2.45) is 5.73 Å². The van der Waals surface area contributed by atoms with Crippen molar-refractivity contribution in [2.45, 2.75) is 12.8 Å². The van der Waals surface area contributed by atoms with E-state index < -0.39 is 6.03 Å². The van der Waals surface area contributed by atoms with E-state index in [2.05, 4.69) is 5.32 Å². The second-order valence-corrected chi connectivity index (χ2v) is 4.23. The van der Waals surface area contributed by atoms with E-state index in [-0.39, 0.29) is 5.91 Å². The number of hydrogen-bond acceptors (Lipinski definition) is 2. The molecule has 1 aliphatic rings. The summed E-state index contributed by atoms with van der Waals surface area (Å²) in [6.45, 7) is 0.579. The first-order valence-corrected chi connectivity index (χ1v) is 5.48. The molecule has 0 fully saturated rings. The van der Waals surface area contributed by atoms with Crippen LogP contribution in [0.1, 0.15) is 11.1 Å². The van der Waals surface area contributed by atoms with E-state index >= 15 is 0 Å². The Labute approximate surface area is 99.6 Å². The second-order valence-electron chi connectivity index (χ2n) is 4.23. The highest BCUT2D eigenvalue weighted by Gasteiger charge is 2.17. The van der Waals surface area contributed by atoms with Crippen LogP contribution >= 0.6 is 0 Å². The average Bonchev–Trinajstić information content (AvgIpc) is 2.64. The van der Waals surface area contributed by atoms with Crippen LogP contribution in [0.4, 0.5) is 10.5 Å². The highest BCUT2D eigenvalue weighted by Crippen LogP contribution is 2.23. The maximum absolute atomic E-state index is 11.2. The molecule has 0 saturated heterocycles. The smallest absolute Gasteiger partial charge is 0.314 e. The van der Waals surface area contributed by atoms with Gasteiger partial charge in [0.25, 0.3) is 0 Å². The van der Waals surface area contributed by atoms with Gasteiger partial charge in [0.2, 0.25) is 5.91 Å². The number of fused-ring (bicyclic) bond motifs is 1. The molecule has 5 heteroatoms. The number of hydrogen-bond donors (Lipinski definition) is 2. The zero-order valence-electron chi connectivity index (χ0n) is 9.69. The van der Waals surface area contributed by atoms with Crippen molar-refractivity contribution in [1.82, 2.24) is 4.90 Å². The number of nitrogens with two attached hydrogens (primary N) is 1. The van der Waals surface area contributed by atoms with Crippen molar-refractivity contribution in [1.29, 1.82) is 0 Å². The van der Waals surface area contributed by atoms with Crippen molar-refractivity contribution in [3.63, 3.8) is 0 Å². The molecule has 3 N–H and O–H groups in total. The zero-order chi connectivity index (χ0) is 12.4. The summed E-state index contributed by atoms with van der Waals surface area (Å²) in [5, 5.41) is 2.78. The van der Waals surface area contributed by atoms with Crippen LogP contribution in [0, 0.1) is 0 Å². The molecule has 5 nitrogen and oxygen atoms in total. The number of amides is 3. The van der Waals surface area contributed by atoms with E-state index in [1.54, 1.807) is 7.05 Å². The van der Waals surface area contributed by atoms with Gasteiger partial charge in [-0.1, -0.05) is 12.1 Å². The molecule has 0 radical (unpaired) electrons. The van der Waals surface area contributed by atoms with Crippen LogP contribution in [-0.4, -0.2) is 30.4 Å². The largest absolute Gasteiger partial charge is 0.351 e. The van der Waals surface area contributed by atoms with Crippen LogP contribution in [0.3, 0.4) is 0 Å². The Hall–Kier alpha value is -2.04. The van der Waals surface area contributed by atoms with Gasteiger partial charge in [0.05, 0.1) is 6.42 Å². The summed E-state index contributed by atoms with van der Waals surface area (Å²) in [5.41, 5.74) is 8.16. The molecule has 2 rings (SSSR count). The summed E-state index contributed by atoms with van der Waals surface area (Å²) >= 11 is 0. The highest BCUT2D eigenvalue weighted by atomic mass is 16.2. The van der Waals surface area contributed by atoms with Gasteiger partial charge in [-0.3, -0.25) is 4.79 Å². The van der Waals surface area contributed by atoms with Gasteiger partial charge in [0, 0.05) is 19.3 Å². The molecule has 0 atom stereocenters. The minimum Gasteiger partial charge on any atom is -0.351 e. The summed E-state index contributed by atoms with van der Waals surface area (Å²) < 4.78 is 0. The molecule has 1 aliphatic heterocycles. The lowest BCUT2D eigenvalue weighted by Gasteiger charge is -2.14. The van der Waals surface area contributed by atoms with Crippen LogP contribution in [0.25, 0.3) is 0 Å². The lowest BCUT2D eigenvalue weighted by molar-refractivity contribution is -0.115. The lowest BCUT2D eigenvalue weighted by atomic mass is 10.1. The Kier molecular flexibility index (Phi) is 2.99. The number of carbonyl (C=O) groups is 2. The molecule has 90 valence electrons. The Morgan fingerprint density at radius 3 is 3.00 bits per heavy atom. The van der Waals surface area contributed by atoms with Crippen molar-refractivity contribution < 1.29 is 9.59 Å². The first kappa shape index (κ1) is 11.4. The summed E-state index contributed by atoms with van der Waals surface area (Å²) in [6, 6.07) is 5.43. The van der Waals surface area contributed by atoms with E-state index in [0.717, 1.165) is 23.2 Å². The van der Waals surface area contributed by atoms with Gasteiger partial charge in [-0.05, 0) is 23.6 Å². The number of nitrogens with zero attached hydrogens (tertiary/aromatic N) is 1. The van der Waals surface area contributed by atoms with E-state index in [1.807, 2.05) is 18.2 Å². The molecular weight excluding hydrogens is 218 g/mol. The number of anilines is 1. The molecule has 0 spiro atoms. The predicted octanol–water partition coefficient (Wildman–Crippen LogP) is 0.734. The molecule has 1 heterocycles. The Morgan fingerprint density at radius 2 is 2.29 bits per heavy atom. The standard InChI is InChI=1S/C12H15N3O2/c1-15(12(13)17)5-4-8-2-3-10-9(6-8)7-11(16)14-10/h2-3,6H,4-5,7H2,1H3,(H2,13,17)(H,14,16). The van der Waals surface area contributed by atoms with Gasteiger partial charge < -0.3 is 16.0 Å². The normalized spacial score (nSPS) is 13.1. The van der Waals surface area contributed by atoms with Gasteiger partial charge in [-0.15, -0.1) is 0 Å². The zero-order valence-corrected chi connectivity index (χ0v) is 9.69. The molecule has 0 aliphatic carbocycles. The molecular formula is C12H15N3O2. The molecule has 3 amide bonds. The molecule has 17 heavy (non-hydrogen) atoms. The lowest BCUT2D eigenvalue weighted by Crippen LogP contribution is -2.33. The average molecular weight is 233 g/mol. The minimum atomic E-state index is -0.428. The van der Waals surface area contributed by atoms with Gasteiger partial charge in [0.1, 0.15) is 0 Å². The monoisotopic (exact) mass is 233 g/mol. The van der Waals surface area contributed by atoms with E-state index in [0.29, 0.717) is 13.0 Å². The quantitative estimate of drug-likeness (QED) is 0.807. The number of urea groups is 1. The third-order valence-corrected chi connectivity index (χ3v) is 2.91. The van der Waals surface area contributed by atoms with Crippen LogP contribution in [0.5, 0.6) is 0 Å². The highest BCUT2D eigenvalue weighted by molar-refractivity contribution is 5.99. The molecule has 0 aromatic heterocycles. The molecule has 0 saturated carbocycles. The van der Waals surface area contributed by atoms with Crippen LogP contribution < -0.4 is 11.1 Å². The number of benzene rings is 1. The van der Waals surface area contributed by atoms with Crippen molar-refractivity contribution in [3.05, 3.63) is 29.3 Å². The topological polar surface area (TPSA) is 75.4 Å². The van der Waals surface area contributed by atoms with Crippen LogP contribution in [0.2, 0.25) is 0 Å². The fraction of sp³-hybridized carbons (Fsp3) is 0.333. The van der Waals surface area contributed by atoms with Gasteiger partial charge in [0.15, 0.2) is 0 Å². The molecule has 1 aromatic rings. The third kappa shape index (κ3) is 2.55. The molecule has 1 aromatic carbocycles. The Bertz CT molecular complexity index is 471. The van der Waals surface area contributed by atoms with Gasteiger partial charge in [-0.25, -0.2) is 4.79 Å². The predicted molar refractivity (Wildman–Crippen MR) is 64.7 cm³/mol. The number of rotatable bonds is 3. The number of primary amides is 1. The first-order chi connectivity index (χ1) is 8.06. The van der Waals surface area contributed by atoms with E-state index in [9.17, 15) is 9.59 Å². The number of carbonyl (C=O) groups excluding carboxylic acids is 2. The first-order valence-electron chi connectivity index (χ1n) is 5.48. The van der Waals surface area contributed by atoms with Crippen LogP contribution in [0.15, 0.2) is 18.2 Å². The summed E-state index contributed by atoms with van der Waals surface area (Å²) in [5.74, 6) is 0.0337. The molecule has 0 unspecified atom stereocenters. The van der Waals surface area contributed by atoms with E-state index in [4.69, 9.17) is 5.73 Å². The van der Waals surface area contributed by atoms with Crippen LogP contribution in [-0.2, 0) is 17.6 Å². The maximum Gasteiger partial charge on any atom is 0.314 e. The van der Waals surface area contributed by atoms with Crippen molar-refractivity contribution >= 4 is 17.6 Å². The second kappa shape index (κ2) is 4.45. The number of nitrogens with one attached hydrogen (secondary N) is 1. The maximum atomic E-state index is 11.2. The third-order valence-electron chi connectivity index (χ3n) is 2.91. The fourth-order valence-electron chi connectivity index (χ4n) is 1.85. The summed E-state index contributed by atoms with van der Waals surface area (Å²) in [6.07, 6.45) is 1.18. The number of likely N-dealkylation sites (N-methyl/N-ethyl adjacent to an activating group) is 1. The van der Waals surface area contributed by atoms with Crippen molar-refractivity contribution in [3.8, 4) is 0 Å².